The predicted octanol–water partition coefficient (Wildman–Crippen LogP) is -2.23. The van der Waals surface area contributed by atoms with Gasteiger partial charge < -0.3 is 25.2 Å². The predicted molar refractivity (Wildman–Crippen MR) is 29.8 cm³/mol. The van der Waals surface area contributed by atoms with Crippen LogP contribution < -0.4 is 0 Å². The molecular formula is C5H10O5. The average molecular weight is 150 g/mol. The molecule has 0 radical (unpaired) electrons. The zero-order valence-corrected chi connectivity index (χ0v) is 5.48. The van der Waals surface area contributed by atoms with E-state index in [1.54, 1.807) is 0 Å². The van der Waals surface area contributed by atoms with Crippen molar-refractivity contribution in [3.63, 3.8) is 0 Å². The lowest BCUT2D eigenvalue weighted by molar-refractivity contribution is -0.335. The van der Waals surface area contributed by atoms with Gasteiger partial charge in [0.1, 0.15) is 6.10 Å². The summed E-state index contributed by atoms with van der Waals surface area (Å²) >= 11 is 0. The minimum Gasteiger partial charge on any atom is -0.385 e. The Labute approximate surface area is 57.5 Å². The van der Waals surface area contributed by atoms with Gasteiger partial charge in [-0.05, 0) is 6.92 Å². The smallest absolute Gasteiger partial charge is 0.247 e. The molecule has 10 heavy (non-hydrogen) atoms. The lowest BCUT2D eigenvalue weighted by Gasteiger charge is -2.28. The van der Waals surface area contributed by atoms with Gasteiger partial charge in [0.25, 0.3) is 0 Å². The highest BCUT2D eigenvalue weighted by molar-refractivity contribution is 4.92. The van der Waals surface area contributed by atoms with Crippen LogP contribution in [0.3, 0.4) is 0 Å². The van der Waals surface area contributed by atoms with Gasteiger partial charge in [-0.25, -0.2) is 0 Å². The summed E-state index contributed by atoms with van der Waals surface area (Å²) in [5.74, 6) is -4.64. The van der Waals surface area contributed by atoms with E-state index in [2.05, 4.69) is 4.74 Å². The minimum atomic E-state index is -2.56. The third-order valence-electron chi connectivity index (χ3n) is 1.67. The number of hydrogen-bond acceptors (Lipinski definition) is 5. The van der Waals surface area contributed by atoms with Crippen LogP contribution in [0.25, 0.3) is 0 Å². The molecule has 0 bridgehead atoms. The summed E-state index contributed by atoms with van der Waals surface area (Å²) in [6, 6.07) is 0. The van der Waals surface area contributed by atoms with Crippen LogP contribution in [0.1, 0.15) is 6.92 Å². The molecular weight excluding hydrogens is 140 g/mol. The summed E-state index contributed by atoms with van der Waals surface area (Å²) in [6.45, 7) is 0.795. The number of rotatable bonds is 0. The molecule has 0 saturated carbocycles. The SMILES string of the molecule is CC1(O)OC[C@H](O)C1(O)O. The molecule has 0 aromatic heterocycles. The lowest BCUT2D eigenvalue weighted by Crippen LogP contribution is -2.54. The lowest BCUT2D eigenvalue weighted by atomic mass is 10.1. The molecule has 0 aliphatic carbocycles. The van der Waals surface area contributed by atoms with Crippen molar-refractivity contribution in [3.8, 4) is 0 Å². The van der Waals surface area contributed by atoms with Gasteiger partial charge in [-0.15, -0.1) is 0 Å². The van der Waals surface area contributed by atoms with Crippen molar-refractivity contribution in [1.82, 2.24) is 0 Å². The molecule has 5 nitrogen and oxygen atoms in total. The maximum Gasteiger partial charge on any atom is 0.247 e. The molecule has 1 aliphatic rings. The molecule has 5 heteroatoms. The van der Waals surface area contributed by atoms with Crippen molar-refractivity contribution in [2.75, 3.05) is 6.61 Å². The van der Waals surface area contributed by atoms with Crippen LogP contribution in [-0.2, 0) is 4.74 Å². The standard InChI is InChI=1S/C5H10O5/c1-4(7)5(8,9)3(6)2-10-4/h3,6-9H,2H2,1H3/t3-,4?/m0/s1. The van der Waals surface area contributed by atoms with Gasteiger partial charge in [0.05, 0.1) is 6.61 Å². The van der Waals surface area contributed by atoms with Gasteiger partial charge >= 0.3 is 0 Å². The number of aliphatic hydroxyl groups is 4. The maximum absolute atomic E-state index is 9.01. The highest BCUT2D eigenvalue weighted by Gasteiger charge is 2.57. The Kier molecular flexibility index (Phi) is 1.50. The fourth-order valence-electron chi connectivity index (χ4n) is 0.773. The van der Waals surface area contributed by atoms with Gasteiger partial charge in [-0.3, -0.25) is 0 Å². The molecule has 0 aromatic carbocycles. The van der Waals surface area contributed by atoms with E-state index in [4.69, 9.17) is 20.4 Å². The van der Waals surface area contributed by atoms with E-state index in [0.29, 0.717) is 0 Å². The minimum absolute atomic E-state index is 0.278. The van der Waals surface area contributed by atoms with Crippen molar-refractivity contribution in [1.29, 1.82) is 0 Å². The van der Waals surface area contributed by atoms with Gasteiger partial charge in [-0.1, -0.05) is 0 Å². The Balaban J connectivity index is 2.84. The van der Waals surface area contributed by atoms with Crippen molar-refractivity contribution >= 4 is 0 Å². The molecule has 1 saturated heterocycles. The number of hydrogen-bond donors (Lipinski definition) is 4. The maximum atomic E-state index is 9.01. The molecule has 0 spiro atoms. The first kappa shape index (κ1) is 7.90. The molecule has 2 atom stereocenters. The topological polar surface area (TPSA) is 90.2 Å². The molecule has 4 N–H and O–H groups in total. The highest BCUT2D eigenvalue weighted by atomic mass is 16.7. The summed E-state index contributed by atoms with van der Waals surface area (Å²) in [6.07, 6.45) is -1.46. The first-order valence-electron chi connectivity index (χ1n) is 2.87. The van der Waals surface area contributed by atoms with Gasteiger partial charge in [0, 0.05) is 0 Å². The van der Waals surface area contributed by atoms with Crippen LogP contribution in [0, 0.1) is 0 Å². The zero-order valence-electron chi connectivity index (χ0n) is 5.48. The molecule has 1 unspecified atom stereocenters. The molecule has 1 rings (SSSR count). The quantitative estimate of drug-likeness (QED) is 0.293. The summed E-state index contributed by atoms with van der Waals surface area (Å²) in [5.41, 5.74) is 0. The van der Waals surface area contributed by atoms with Gasteiger partial charge in [-0.2, -0.15) is 0 Å². The summed E-state index contributed by atoms with van der Waals surface area (Å²) in [7, 11) is 0. The monoisotopic (exact) mass is 150 g/mol. The Hall–Kier alpha value is -0.200. The third kappa shape index (κ3) is 0.834. The van der Waals surface area contributed by atoms with Crippen LogP contribution in [0.2, 0.25) is 0 Å². The van der Waals surface area contributed by atoms with Crippen LogP contribution in [0.5, 0.6) is 0 Å². The Morgan fingerprint density at radius 2 is 1.90 bits per heavy atom. The van der Waals surface area contributed by atoms with Crippen LogP contribution in [0.4, 0.5) is 0 Å². The van der Waals surface area contributed by atoms with Crippen molar-refractivity contribution < 1.29 is 25.2 Å². The van der Waals surface area contributed by atoms with E-state index in [-0.39, 0.29) is 6.61 Å². The Morgan fingerprint density at radius 3 is 2.00 bits per heavy atom. The largest absolute Gasteiger partial charge is 0.385 e. The van der Waals surface area contributed by atoms with Gasteiger partial charge in [0.2, 0.25) is 11.6 Å². The molecule has 0 aromatic rings. The summed E-state index contributed by atoms with van der Waals surface area (Å²) in [5, 5.41) is 35.7. The highest BCUT2D eigenvalue weighted by Crippen LogP contribution is 2.31. The van der Waals surface area contributed by atoms with Crippen molar-refractivity contribution in [2.24, 2.45) is 0 Å². The second-order valence-corrected chi connectivity index (χ2v) is 2.54. The fraction of sp³-hybridized carbons (Fsp3) is 1.00. The molecule has 60 valence electrons. The van der Waals surface area contributed by atoms with E-state index >= 15 is 0 Å². The first-order valence-corrected chi connectivity index (χ1v) is 2.87. The second kappa shape index (κ2) is 1.90. The van der Waals surface area contributed by atoms with Gasteiger partial charge in [0.15, 0.2) is 0 Å². The van der Waals surface area contributed by atoms with E-state index < -0.39 is 17.7 Å². The fourth-order valence-corrected chi connectivity index (χ4v) is 0.773. The summed E-state index contributed by atoms with van der Waals surface area (Å²) in [4.78, 5) is 0. The molecule has 1 heterocycles. The van der Waals surface area contributed by atoms with Crippen LogP contribution in [0.15, 0.2) is 0 Å². The van der Waals surface area contributed by atoms with Crippen molar-refractivity contribution in [3.05, 3.63) is 0 Å². The van der Waals surface area contributed by atoms with E-state index in [1.807, 2.05) is 0 Å². The van der Waals surface area contributed by atoms with E-state index in [1.165, 1.54) is 0 Å². The third-order valence-corrected chi connectivity index (χ3v) is 1.67. The summed E-state index contributed by atoms with van der Waals surface area (Å²) < 4.78 is 4.47. The zero-order chi connectivity index (χ0) is 7.99. The van der Waals surface area contributed by atoms with Crippen LogP contribution >= 0.6 is 0 Å². The second-order valence-electron chi connectivity index (χ2n) is 2.54. The molecule has 1 aliphatic heterocycles. The number of ether oxygens (including phenoxy) is 1. The Morgan fingerprint density at radius 1 is 1.40 bits per heavy atom. The van der Waals surface area contributed by atoms with E-state index in [9.17, 15) is 0 Å². The molecule has 1 fully saturated rings. The van der Waals surface area contributed by atoms with Crippen LogP contribution in [-0.4, -0.2) is 44.7 Å². The first-order chi connectivity index (χ1) is 4.38. The van der Waals surface area contributed by atoms with E-state index in [0.717, 1.165) is 6.92 Å². The van der Waals surface area contributed by atoms with Crippen molar-refractivity contribution in [2.45, 2.75) is 24.6 Å². The average Bonchev–Trinajstić information content (AvgIpc) is 1.94. The number of aliphatic hydroxyl groups excluding tert-OH is 1. The Bertz CT molecular complexity index is 141. The molecule has 0 amide bonds. The normalized spacial score (nSPS) is 45.9.